The van der Waals surface area contributed by atoms with Crippen molar-refractivity contribution < 1.29 is 14.6 Å². The van der Waals surface area contributed by atoms with Crippen LogP contribution in [0.4, 0.5) is 0 Å². The van der Waals surface area contributed by atoms with Crippen molar-refractivity contribution in [1.82, 2.24) is 0 Å². The molecule has 1 saturated heterocycles. The van der Waals surface area contributed by atoms with Crippen molar-refractivity contribution in [3.8, 4) is 0 Å². The van der Waals surface area contributed by atoms with Crippen molar-refractivity contribution >= 4 is 34.3 Å². The Morgan fingerprint density at radius 2 is 2.18 bits per heavy atom. The number of aliphatic carboxylic acids is 1. The first-order valence-electron chi connectivity index (χ1n) is 4.88. The van der Waals surface area contributed by atoms with Gasteiger partial charge in [-0.15, -0.1) is 12.4 Å². The van der Waals surface area contributed by atoms with Crippen molar-refractivity contribution in [2.24, 2.45) is 5.73 Å². The van der Waals surface area contributed by atoms with E-state index in [4.69, 9.17) is 15.6 Å². The van der Waals surface area contributed by atoms with Crippen LogP contribution < -0.4 is 5.73 Å². The second-order valence-corrected chi connectivity index (χ2v) is 4.94. The van der Waals surface area contributed by atoms with Gasteiger partial charge in [0.1, 0.15) is 0 Å². The molecule has 6 heteroatoms. The summed E-state index contributed by atoms with van der Waals surface area (Å²) >= 11 is 3.33. The predicted molar refractivity (Wildman–Crippen MR) is 69.4 cm³/mol. The molecule has 94 valence electrons. The predicted octanol–water partition coefficient (Wildman–Crippen LogP) is 1.68. The number of rotatable bonds is 3. The number of hydrogen-bond donors (Lipinski definition) is 2. The van der Waals surface area contributed by atoms with Gasteiger partial charge in [-0.3, -0.25) is 4.79 Å². The van der Waals surface area contributed by atoms with Crippen LogP contribution in [0.25, 0.3) is 0 Å². The summed E-state index contributed by atoms with van der Waals surface area (Å²) in [7, 11) is 0. The van der Waals surface area contributed by atoms with Crippen molar-refractivity contribution in [2.45, 2.75) is 12.0 Å². The number of benzene rings is 1. The first-order valence-corrected chi connectivity index (χ1v) is 5.68. The van der Waals surface area contributed by atoms with Crippen LogP contribution in [0.5, 0.6) is 0 Å². The van der Waals surface area contributed by atoms with Crippen LogP contribution >= 0.6 is 28.3 Å². The second-order valence-electron chi connectivity index (χ2n) is 4.02. The number of carbonyl (C=O) groups is 1. The Morgan fingerprint density at radius 1 is 1.53 bits per heavy atom. The van der Waals surface area contributed by atoms with Gasteiger partial charge in [0, 0.05) is 4.47 Å². The number of ether oxygens (including phenoxy) is 1. The average Bonchev–Trinajstić information content (AvgIpc) is 2.13. The minimum atomic E-state index is -0.858. The summed E-state index contributed by atoms with van der Waals surface area (Å²) in [5, 5.41) is 8.85. The molecule has 1 aliphatic heterocycles. The van der Waals surface area contributed by atoms with E-state index in [9.17, 15) is 4.79 Å². The highest BCUT2D eigenvalue weighted by Crippen LogP contribution is 2.31. The number of hydrogen-bond acceptors (Lipinski definition) is 3. The molecule has 0 spiro atoms. The van der Waals surface area contributed by atoms with Gasteiger partial charge in [0.2, 0.25) is 0 Å². The molecule has 0 aromatic heterocycles. The number of carboxylic acids is 1. The van der Waals surface area contributed by atoms with E-state index >= 15 is 0 Å². The largest absolute Gasteiger partial charge is 0.481 e. The van der Waals surface area contributed by atoms with Gasteiger partial charge < -0.3 is 15.6 Å². The zero-order valence-corrected chi connectivity index (χ0v) is 11.4. The van der Waals surface area contributed by atoms with Gasteiger partial charge in [-0.2, -0.15) is 0 Å². The van der Waals surface area contributed by atoms with Gasteiger partial charge >= 0.3 is 5.97 Å². The van der Waals surface area contributed by atoms with Crippen LogP contribution in [0.15, 0.2) is 22.7 Å². The van der Waals surface area contributed by atoms with Gasteiger partial charge in [-0.25, -0.2) is 0 Å². The van der Waals surface area contributed by atoms with E-state index in [1.807, 2.05) is 12.1 Å². The van der Waals surface area contributed by atoms with Gasteiger partial charge in [0.15, 0.2) is 0 Å². The van der Waals surface area contributed by atoms with Gasteiger partial charge in [0.05, 0.1) is 25.2 Å². The van der Waals surface area contributed by atoms with E-state index in [-0.39, 0.29) is 18.8 Å². The van der Waals surface area contributed by atoms with E-state index in [0.29, 0.717) is 13.2 Å². The third-order valence-electron chi connectivity index (χ3n) is 2.66. The third-order valence-corrected chi connectivity index (χ3v) is 3.16. The summed E-state index contributed by atoms with van der Waals surface area (Å²) in [6.07, 6.45) is -0.0201. The summed E-state index contributed by atoms with van der Waals surface area (Å²) in [6.45, 7) is 0.891. The highest BCUT2D eigenvalue weighted by atomic mass is 79.9. The van der Waals surface area contributed by atoms with Gasteiger partial charge in [0.25, 0.3) is 0 Å². The zero-order valence-electron chi connectivity index (χ0n) is 8.98. The van der Waals surface area contributed by atoms with Crippen molar-refractivity contribution in [3.63, 3.8) is 0 Å². The summed E-state index contributed by atoms with van der Waals surface area (Å²) in [4.78, 5) is 10.8. The molecule has 2 rings (SSSR count). The molecule has 1 aromatic carbocycles. The molecule has 0 bridgehead atoms. The molecule has 1 aromatic rings. The van der Waals surface area contributed by atoms with Crippen LogP contribution in [0, 0.1) is 0 Å². The maximum Gasteiger partial charge on any atom is 0.307 e. The molecule has 1 aliphatic rings. The van der Waals surface area contributed by atoms with E-state index in [2.05, 4.69) is 15.9 Å². The quantitative estimate of drug-likeness (QED) is 0.888. The molecule has 17 heavy (non-hydrogen) atoms. The first-order chi connectivity index (χ1) is 7.51. The van der Waals surface area contributed by atoms with Crippen LogP contribution in [0.2, 0.25) is 0 Å². The number of halogens is 2. The summed E-state index contributed by atoms with van der Waals surface area (Å²) in [6, 6.07) is 5.54. The Morgan fingerprint density at radius 3 is 2.65 bits per heavy atom. The third kappa shape index (κ3) is 2.98. The Hall–Kier alpha value is -0.620. The monoisotopic (exact) mass is 321 g/mol. The number of carboxylic acid groups (broad SMARTS) is 1. The van der Waals surface area contributed by atoms with Crippen LogP contribution in [-0.4, -0.2) is 24.3 Å². The van der Waals surface area contributed by atoms with Crippen molar-refractivity contribution in [3.05, 3.63) is 33.8 Å². The lowest BCUT2D eigenvalue weighted by Crippen LogP contribution is -2.54. The van der Waals surface area contributed by atoms with E-state index in [1.54, 1.807) is 6.07 Å². The fourth-order valence-corrected chi connectivity index (χ4v) is 2.24. The molecule has 1 fully saturated rings. The molecule has 0 aliphatic carbocycles. The smallest absolute Gasteiger partial charge is 0.307 e. The van der Waals surface area contributed by atoms with E-state index in [1.165, 1.54) is 0 Å². The Balaban J connectivity index is 0.00000144. The second kappa shape index (κ2) is 5.35. The van der Waals surface area contributed by atoms with Crippen LogP contribution in [0.1, 0.15) is 11.1 Å². The topological polar surface area (TPSA) is 72.6 Å². The summed E-state index contributed by atoms with van der Waals surface area (Å²) < 4.78 is 5.96. The molecule has 0 unspecified atom stereocenters. The Bertz CT molecular complexity index is 435. The minimum absolute atomic E-state index is 0. The SMILES string of the molecule is Cl.NC1(c2ccc(Br)cc2CC(=O)O)COC1. The fraction of sp³-hybridized carbons (Fsp3) is 0.364. The molecule has 0 atom stereocenters. The highest BCUT2D eigenvalue weighted by molar-refractivity contribution is 9.10. The van der Waals surface area contributed by atoms with Crippen LogP contribution in [-0.2, 0) is 21.5 Å². The normalized spacial score (nSPS) is 16.8. The standard InChI is InChI=1S/C11H12BrNO3.ClH/c12-8-1-2-9(11(13)5-16-6-11)7(3-8)4-10(14)15;/h1-3H,4-6,13H2,(H,14,15);1H. The van der Waals surface area contributed by atoms with Gasteiger partial charge in [-0.1, -0.05) is 22.0 Å². The maximum atomic E-state index is 10.8. The average molecular weight is 323 g/mol. The maximum absolute atomic E-state index is 10.8. The molecule has 1 heterocycles. The van der Waals surface area contributed by atoms with E-state index in [0.717, 1.165) is 15.6 Å². The molecule has 0 radical (unpaired) electrons. The molecule has 0 saturated carbocycles. The number of nitrogens with two attached hydrogens (primary N) is 1. The Labute approximate surface area is 114 Å². The fourth-order valence-electron chi connectivity index (χ4n) is 1.83. The van der Waals surface area contributed by atoms with Crippen molar-refractivity contribution in [1.29, 1.82) is 0 Å². The van der Waals surface area contributed by atoms with E-state index < -0.39 is 11.5 Å². The zero-order chi connectivity index (χ0) is 11.8. The lowest BCUT2D eigenvalue weighted by Gasteiger charge is -2.39. The molecule has 3 N–H and O–H groups in total. The Kier molecular flexibility index (Phi) is 4.55. The molecule has 4 nitrogen and oxygen atoms in total. The summed E-state index contributed by atoms with van der Waals surface area (Å²) in [5.41, 5.74) is 7.20. The van der Waals surface area contributed by atoms with Crippen LogP contribution in [0.3, 0.4) is 0 Å². The molecular formula is C11H13BrClNO3. The lowest BCUT2D eigenvalue weighted by molar-refractivity contribution is -0.136. The first kappa shape index (κ1) is 14.4. The van der Waals surface area contributed by atoms with Crippen molar-refractivity contribution in [2.75, 3.05) is 13.2 Å². The highest BCUT2D eigenvalue weighted by Gasteiger charge is 2.37. The minimum Gasteiger partial charge on any atom is -0.481 e. The summed E-state index contributed by atoms with van der Waals surface area (Å²) in [5.74, 6) is -0.858. The lowest BCUT2D eigenvalue weighted by atomic mass is 9.85. The van der Waals surface area contributed by atoms with Gasteiger partial charge in [-0.05, 0) is 23.3 Å². The molecular weight excluding hydrogens is 309 g/mol. The molecule has 0 amide bonds.